The monoisotopic (exact) mass is 518 g/mol. The maximum atomic E-state index is 2.37. The molecule has 186 valence electrons. The zero-order valence-electron chi connectivity index (χ0n) is 21.3. The van der Waals surface area contributed by atoms with Gasteiger partial charge in [-0.15, -0.1) is 11.3 Å². The van der Waals surface area contributed by atoms with Crippen LogP contribution in [0.25, 0.3) is 20.2 Å². The second-order valence-electron chi connectivity index (χ2n) is 9.45. The van der Waals surface area contributed by atoms with Gasteiger partial charge in [0.05, 0.1) is 5.69 Å². The summed E-state index contributed by atoms with van der Waals surface area (Å²) in [6, 6.07) is 56.0. The zero-order chi connectivity index (χ0) is 26.0. The van der Waals surface area contributed by atoms with Gasteiger partial charge in [0, 0.05) is 48.6 Å². The SMILES string of the molecule is c1ccc(N(c2ccccc2)c2ccc3sc4cccc(N(c5ccccc5)c5ccccc5)c4c3c2)cc1. The average molecular weight is 519 g/mol. The number of thiophene rings is 1. The Balaban J connectivity index is 1.48. The van der Waals surface area contributed by atoms with Crippen LogP contribution in [0.2, 0.25) is 0 Å². The van der Waals surface area contributed by atoms with Crippen LogP contribution in [0.1, 0.15) is 0 Å². The summed E-state index contributed by atoms with van der Waals surface area (Å²) in [7, 11) is 0. The van der Waals surface area contributed by atoms with Gasteiger partial charge in [-0.2, -0.15) is 0 Å². The number of hydrogen-bond donors (Lipinski definition) is 0. The molecule has 0 aliphatic heterocycles. The van der Waals surface area contributed by atoms with Crippen LogP contribution in [0.4, 0.5) is 34.1 Å². The van der Waals surface area contributed by atoms with Crippen molar-refractivity contribution in [1.82, 2.24) is 0 Å². The van der Waals surface area contributed by atoms with Crippen LogP contribution >= 0.6 is 11.3 Å². The van der Waals surface area contributed by atoms with E-state index in [1.165, 1.54) is 25.9 Å². The molecule has 0 bridgehead atoms. The van der Waals surface area contributed by atoms with Gasteiger partial charge >= 0.3 is 0 Å². The largest absolute Gasteiger partial charge is 0.310 e. The van der Waals surface area contributed by atoms with Crippen molar-refractivity contribution in [1.29, 1.82) is 0 Å². The molecule has 0 saturated heterocycles. The molecule has 7 aromatic rings. The van der Waals surface area contributed by atoms with E-state index in [1.807, 2.05) is 11.3 Å². The van der Waals surface area contributed by atoms with Crippen LogP contribution in [0.15, 0.2) is 158 Å². The standard InChI is InChI=1S/C36H26N2S/c1-5-14-27(15-6-1)37(28-16-7-2-8-17-28)31-24-25-34-32(26-31)36-33(22-13-23-35(36)39-34)38(29-18-9-3-10-19-29)30-20-11-4-12-21-30/h1-26H. The third-order valence-electron chi connectivity index (χ3n) is 7.01. The minimum atomic E-state index is 1.14. The Morgan fingerprint density at radius 3 is 1.36 bits per heavy atom. The third-order valence-corrected chi connectivity index (χ3v) is 8.15. The summed E-state index contributed by atoms with van der Waals surface area (Å²) in [6.07, 6.45) is 0. The first-order chi connectivity index (χ1) is 19.4. The van der Waals surface area contributed by atoms with E-state index in [0.29, 0.717) is 0 Å². The molecule has 0 spiro atoms. The molecule has 0 fully saturated rings. The van der Waals surface area contributed by atoms with Crippen LogP contribution in [0.5, 0.6) is 0 Å². The van der Waals surface area contributed by atoms with E-state index in [1.54, 1.807) is 0 Å². The van der Waals surface area contributed by atoms with E-state index in [0.717, 1.165) is 28.4 Å². The molecule has 0 saturated carbocycles. The lowest BCUT2D eigenvalue weighted by Crippen LogP contribution is -2.10. The summed E-state index contributed by atoms with van der Waals surface area (Å²) >= 11 is 1.85. The predicted molar refractivity (Wildman–Crippen MR) is 169 cm³/mol. The van der Waals surface area contributed by atoms with E-state index < -0.39 is 0 Å². The summed E-state index contributed by atoms with van der Waals surface area (Å²) in [5.41, 5.74) is 6.87. The van der Waals surface area contributed by atoms with Crippen molar-refractivity contribution in [2.24, 2.45) is 0 Å². The lowest BCUT2D eigenvalue weighted by Gasteiger charge is -2.27. The molecule has 39 heavy (non-hydrogen) atoms. The van der Waals surface area contributed by atoms with Crippen LogP contribution in [-0.4, -0.2) is 0 Å². The molecule has 0 N–H and O–H groups in total. The van der Waals surface area contributed by atoms with E-state index in [9.17, 15) is 0 Å². The number of hydrogen-bond acceptors (Lipinski definition) is 3. The van der Waals surface area contributed by atoms with Crippen molar-refractivity contribution in [2.75, 3.05) is 9.80 Å². The van der Waals surface area contributed by atoms with Gasteiger partial charge in [-0.05, 0) is 78.9 Å². The number of anilines is 6. The van der Waals surface area contributed by atoms with Crippen LogP contribution in [0, 0.1) is 0 Å². The number of benzene rings is 6. The van der Waals surface area contributed by atoms with Gasteiger partial charge in [0.25, 0.3) is 0 Å². The van der Waals surface area contributed by atoms with Crippen LogP contribution in [0.3, 0.4) is 0 Å². The number of fused-ring (bicyclic) bond motifs is 3. The first-order valence-corrected chi connectivity index (χ1v) is 13.9. The van der Waals surface area contributed by atoms with Crippen molar-refractivity contribution in [2.45, 2.75) is 0 Å². The topological polar surface area (TPSA) is 6.48 Å². The fraction of sp³-hybridized carbons (Fsp3) is 0. The van der Waals surface area contributed by atoms with Gasteiger partial charge in [0.2, 0.25) is 0 Å². The van der Waals surface area contributed by atoms with Gasteiger partial charge in [0.15, 0.2) is 0 Å². The Bertz CT molecular complexity index is 1770. The lowest BCUT2D eigenvalue weighted by molar-refractivity contribution is 1.29. The first kappa shape index (κ1) is 23.3. The molecule has 0 amide bonds. The molecule has 2 nitrogen and oxygen atoms in total. The summed E-state index contributed by atoms with van der Waals surface area (Å²) in [4.78, 5) is 4.70. The van der Waals surface area contributed by atoms with Gasteiger partial charge < -0.3 is 9.80 Å². The van der Waals surface area contributed by atoms with Crippen molar-refractivity contribution in [3.05, 3.63) is 158 Å². The summed E-state index contributed by atoms with van der Waals surface area (Å²) in [5.74, 6) is 0. The maximum Gasteiger partial charge on any atom is 0.0554 e. The van der Waals surface area contributed by atoms with Crippen molar-refractivity contribution < 1.29 is 0 Å². The summed E-state index contributed by atoms with van der Waals surface area (Å²) < 4.78 is 2.56. The van der Waals surface area contributed by atoms with E-state index in [4.69, 9.17) is 0 Å². The summed E-state index contributed by atoms with van der Waals surface area (Å²) in [6.45, 7) is 0. The third kappa shape index (κ3) is 4.33. The molecule has 3 heteroatoms. The number of para-hydroxylation sites is 4. The molecule has 0 radical (unpaired) electrons. The van der Waals surface area contributed by atoms with Crippen molar-refractivity contribution >= 4 is 65.6 Å². The fourth-order valence-electron chi connectivity index (χ4n) is 5.30. The Hall–Kier alpha value is -4.86. The highest BCUT2D eigenvalue weighted by atomic mass is 32.1. The Labute approximate surface area is 232 Å². The van der Waals surface area contributed by atoms with Crippen LogP contribution in [-0.2, 0) is 0 Å². The van der Waals surface area contributed by atoms with Gasteiger partial charge in [0.1, 0.15) is 0 Å². The molecule has 6 aromatic carbocycles. The molecular weight excluding hydrogens is 492 g/mol. The van der Waals surface area contributed by atoms with Gasteiger partial charge in [-0.3, -0.25) is 0 Å². The van der Waals surface area contributed by atoms with Crippen molar-refractivity contribution in [3.63, 3.8) is 0 Å². The fourth-order valence-corrected chi connectivity index (χ4v) is 6.41. The zero-order valence-corrected chi connectivity index (χ0v) is 22.1. The second-order valence-corrected chi connectivity index (χ2v) is 10.5. The normalized spacial score (nSPS) is 11.1. The first-order valence-electron chi connectivity index (χ1n) is 13.1. The molecule has 0 aliphatic carbocycles. The molecule has 0 aliphatic rings. The summed E-state index contributed by atoms with van der Waals surface area (Å²) in [5, 5.41) is 2.53. The Morgan fingerprint density at radius 2 is 0.846 bits per heavy atom. The quantitative estimate of drug-likeness (QED) is 0.216. The lowest BCUT2D eigenvalue weighted by atomic mass is 10.1. The van der Waals surface area contributed by atoms with E-state index in [-0.39, 0.29) is 0 Å². The molecule has 0 unspecified atom stereocenters. The minimum absolute atomic E-state index is 1.14. The number of nitrogens with zero attached hydrogens (tertiary/aromatic N) is 2. The van der Waals surface area contributed by atoms with Gasteiger partial charge in [-0.1, -0.05) is 78.9 Å². The van der Waals surface area contributed by atoms with Gasteiger partial charge in [-0.25, -0.2) is 0 Å². The Morgan fingerprint density at radius 1 is 0.359 bits per heavy atom. The highest BCUT2D eigenvalue weighted by molar-refractivity contribution is 7.26. The molecule has 1 aromatic heterocycles. The molecule has 1 heterocycles. The maximum absolute atomic E-state index is 2.37. The molecular formula is C36H26N2S. The Kier molecular flexibility index (Phi) is 6.04. The van der Waals surface area contributed by atoms with Crippen molar-refractivity contribution in [3.8, 4) is 0 Å². The van der Waals surface area contributed by atoms with Crippen LogP contribution < -0.4 is 9.80 Å². The van der Waals surface area contributed by atoms with E-state index >= 15 is 0 Å². The molecule has 7 rings (SSSR count). The highest BCUT2D eigenvalue weighted by Gasteiger charge is 2.19. The number of rotatable bonds is 6. The second kappa shape index (κ2) is 10.1. The molecule has 0 atom stereocenters. The minimum Gasteiger partial charge on any atom is -0.310 e. The average Bonchev–Trinajstić information content (AvgIpc) is 3.39. The predicted octanol–water partition coefficient (Wildman–Crippen LogP) is 11.0. The van der Waals surface area contributed by atoms with E-state index in [2.05, 4.69) is 168 Å². The highest BCUT2D eigenvalue weighted by Crippen LogP contribution is 2.46. The smallest absolute Gasteiger partial charge is 0.0554 e.